The van der Waals surface area contributed by atoms with E-state index in [1.807, 2.05) is 20.9 Å². The van der Waals surface area contributed by atoms with Gasteiger partial charge < -0.3 is 5.32 Å². The van der Waals surface area contributed by atoms with Crippen molar-refractivity contribution in [1.29, 1.82) is 0 Å². The van der Waals surface area contributed by atoms with Crippen LogP contribution in [0.2, 0.25) is 0 Å². The quantitative estimate of drug-likeness (QED) is 0.822. The normalized spacial score (nSPS) is 18.3. The molecule has 2 N–H and O–H groups in total. The van der Waals surface area contributed by atoms with E-state index < -0.39 is 10.2 Å². The van der Waals surface area contributed by atoms with E-state index in [0.717, 1.165) is 19.4 Å². The zero-order chi connectivity index (χ0) is 15.5. The van der Waals surface area contributed by atoms with E-state index in [-0.39, 0.29) is 6.04 Å². The number of nitrogens with one attached hydrogen (secondary N) is 2. The third kappa shape index (κ3) is 4.18. The van der Waals surface area contributed by atoms with Gasteiger partial charge in [-0.3, -0.25) is 9.40 Å². The third-order valence-corrected chi connectivity index (χ3v) is 5.32. The SMILES string of the molecule is CNCC1CCN(S(=O)(=O)Nc2cnn(C(C)C)c2)CC1. The third-order valence-electron chi connectivity index (χ3n) is 3.78. The summed E-state index contributed by atoms with van der Waals surface area (Å²) in [5.41, 5.74) is 0.515. The largest absolute Gasteiger partial charge is 0.319 e. The van der Waals surface area contributed by atoms with E-state index in [4.69, 9.17) is 0 Å². The predicted molar refractivity (Wildman–Crippen MR) is 83.4 cm³/mol. The van der Waals surface area contributed by atoms with Gasteiger partial charge in [-0.15, -0.1) is 0 Å². The minimum absolute atomic E-state index is 0.209. The molecular weight excluding hydrogens is 290 g/mol. The Morgan fingerprint density at radius 3 is 2.57 bits per heavy atom. The topological polar surface area (TPSA) is 79.3 Å². The summed E-state index contributed by atoms with van der Waals surface area (Å²) in [6, 6.07) is 0.209. The molecule has 2 rings (SSSR count). The molecule has 0 bridgehead atoms. The smallest absolute Gasteiger partial charge is 0.301 e. The van der Waals surface area contributed by atoms with Crippen molar-refractivity contribution in [2.24, 2.45) is 5.92 Å². The van der Waals surface area contributed by atoms with Gasteiger partial charge in [0.15, 0.2) is 0 Å². The van der Waals surface area contributed by atoms with Crippen LogP contribution in [0.15, 0.2) is 12.4 Å². The summed E-state index contributed by atoms with van der Waals surface area (Å²) in [6.45, 7) is 6.08. The molecule has 0 unspecified atom stereocenters. The van der Waals surface area contributed by atoms with Crippen molar-refractivity contribution < 1.29 is 8.42 Å². The molecule has 21 heavy (non-hydrogen) atoms. The first-order valence-electron chi connectivity index (χ1n) is 7.39. The van der Waals surface area contributed by atoms with E-state index in [9.17, 15) is 8.42 Å². The molecule has 0 radical (unpaired) electrons. The van der Waals surface area contributed by atoms with Crippen LogP contribution in [0.5, 0.6) is 0 Å². The van der Waals surface area contributed by atoms with Gasteiger partial charge in [0.05, 0.1) is 11.9 Å². The molecule has 1 aliphatic rings. The van der Waals surface area contributed by atoms with Crippen molar-refractivity contribution in [1.82, 2.24) is 19.4 Å². The number of aromatic nitrogens is 2. The van der Waals surface area contributed by atoms with Crippen LogP contribution in [-0.2, 0) is 10.2 Å². The van der Waals surface area contributed by atoms with Crippen LogP contribution in [0.25, 0.3) is 0 Å². The highest BCUT2D eigenvalue weighted by atomic mass is 32.2. The molecule has 0 atom stereocenters. The molecule has 1 aromatic rings. The second kappa shape index (κ2) is 6.76. The molecule has 0 aromatic carbocycles. The monoisotopic (exact) mass is 315 g/mol. The zero-order valence-electron chi connectivity index (χ0n) is 12.9. The minimum Gasteiger partial charge on any atom is -0.319 e. The lowest BCUT2D eigenvalue weighted by Crippen LogP contribution is -2.43. The molecule has 1 fully saturated rings. The molecule has 1 aromatic heterocycles. The Hall–Kier alpha value is -1.12. The number of anilines is 1. The van der Waals surface area contributed by atoms with E-state index in [1.165, 1.54) is 4.31 Å². The van der Waals surface area contributed by atoms with Crippen LogP contribution in [-0.4, -0.2) is 49.2 Å². The van der Waals surface area contributed by atoms with E-state index >= 15 is 0 Å². The van der Waals surface area contributed by atoms with E-state index in [2.05, 4.69) is 15.1 Å². The van der Waals surface area contributed by atoms with Crippen LogP contribution < -0.4 is 10.0 Å². The summed E-state index contributed by atoms with van der Waals surface area (Å²) in [4.78, 5) is 0. The summed E-state index contributed by atoms with van der Waals surface area (Å²) in [5, 5.41) is 7.29. The maximum absolute atomic E-state index is 12.4. The van der Waals surface area contributed by atoms with Crippen molar-refractivity contribution in [2.45, 2.75) is 32.7 Å². The summed E-state index contributed by atoms with van der Waals surface area (Å²) in [5.74, 6) is 0.560. The van der Waals surface area contributed by atoms with Gasteiger partial charge >= 0.3 is 10.2 Å². The molecule has 0 amide bonds. The number of hydrogen-bond acceptors (Lipinski definition) is 4. The average molecular weight is 315 g/mol. The summed E-state index contributed by atoms with van der Waals surface area (Å²) >= 11 is 0. The molecule has 0 spiro atoms. The molecule has 8 heteroatoms. The van der Waals surface area contributed by atoms with Crippen LogP contribution in [0.3, 0.4) is 0 Å². The Morgan fingerprint density at radius 1 is 1.38 bits per heavy atom. The zero-order valence-corrected chi connectivity index (χ0v) is 13.7. The second-order valence-corrected chi connectivity index (χ2v) is 7.48. The Morgan fingerprint density at radius 2 is 2.05 bits per heavy atom. The second-order valence-electron chi connectivity index (χ2n) is 5.81. The van der Waals surface area contributed by atoms with Gasteiger partial charge in [0.1, 0.15) is 0 Å². The van der Waals surface area contributed by atoms with Gasteiger partial charge in [0, 0.05) is 25.3 Å². The number of rotatable bonds is 6. The fraction of sp³-hybridized carbons (Fsp3) is 0.769. The van der Waals surface area contributed by atoms with E-state index in [0.29, 0.717) is 24.7 Å². The molecule has 1 aliphatic heterocycles. The summed E-state index contributed by atoms with van der Waals surface area (Å²) in [7, 11) is -1.55. The van der Waals surface area contributed by atoms with Gasteiger partial charge in [-0.25, -0.2) is 0 Å². The minimum atomic E-state index is -3.48. The highest BCUT2D eigenvalue weighted by molar-refractivity contribution is 7.90. The van der Waals surface area contributed by atoms with Crippen molar-refractivity contribution in [2.75, 3.05) is 31.4 Å². The fourth-order valence-electron chi connectivity index (χ4n) is 2.53. The average Bonchev–Trinajstić information content (AvgIpc) is 2.88. The van der Waals surface area contributed by atoms with E-state index in [1.54, 1.807) is 17.1 Å². The lowest BCUT2D eigenvalue weighted by molar-refractivity contribution is 0.272. The van der Waals surface area contributed by atoms with Crippen LogP contribution in [0.4, 0.5) is 5.69 Å². The maximum Gasteiger partial charge on any atom is 0.301 e. The molecule has 0 aliphatic carbocycles. The van der Waals surface area contributed by atoms with Crippen LogP contribution in [0, 0.1) is 5.92 Å². The standard InChI is InChI=1S/C13H25N5O2S/c1-11(2)18-10-13(9-15-18)16-21(19,20)17-6-4-12(5-7-17)8-14-3/h9-12,14,16H,4-8H2,1-3H3. The Kier molecular flexibility index (Phi) is 5.23. The Bertz CT molecular complexity index is 547. The molecular formula is C13H25N5O2S. The van der Waals surface area contributed by atoms with Gasteiger partial charge in [0.25, 0.3) is 0 Å². The molecule has 2 heterocycles. The van der Waals surface area contributed by atoms with Crippen LogP contribution in [0.1, 0.15) is 32.7 Å². The lowest BCUT2D eigenvalue weighted by atomic mass is 9.98. The first kappa shape index (κ1) is 16.3. The highest BCUT2D eigenvalue weighted by Crippen LogP contribution is 2.20. The van der Waals surface area contributed by atoms with Gasteiger partial charge in [-0.05, 0) is 46.2 Å². The van der Waals surface area contributed by atoms with Crippen molar-refractivity contribution in [3.8, 4) is 0 Å². The Balaban J connectivity index is 1.95. The fourth-order valence-corrected chi connectivity index (χ4v) is 3.75. The maximum atomic E-state index is 12.4. The first-order chi connectivity index (χ1) is 9.92. The lowest BCUT2D eigenvalue weighted by Gasteiger charge is -2.30. The predicted octanol–water partition coefficient (Wildman–Crippen LogP) is 1.05. The van der Waals surface area contributed by atoms with Crippen molar-refractivity contribution in [3.05, 3.63) is 12.4 Å². The summed E-state index contributed by atoms with van der Waals surface area (Å²) in [6.07, 6.45) is 5.06. The van der Waals surface area contributed by atoms with Crippen LogP contribution >= 0.6 is 0 Å². The molecule has 1 saturated heterocycles. The molecule has 7 nitrogen and oxygen atoms in total. The van der Waals surface area contributed by atoms with Crippen molar-refractivity contribution in [3.63, 3.8) is 0 Å². The first-order valence-corrected chi connectivity index (χ1v) is 8.83. The number of hydrogen-bond donors (Lipinski definition) is 2. The Labute approximate surface area is 126 Å². The summed E-state index contributed by atoms with van der Waals surface area (Å²) < 4.78 is 30.6. The molecule has 0 saturated carbocycles. The highest BCUT2D eigenvalue weighted by Gasteiger charge is 2.27. The number of nitrogens with zero attached hydrogens (tertiary/aromatic N) is 3. The molecule has 120 valence electrons. The van der Waals surface area contributed by atoms with Gasteiger partial charge in [-0.2, -0.15) is 17.8 Å². The number of piperidine rings is 1. The van der Waals surface area contributed by atoms with Gasteiger partial charge in [-0.1, -0.05) is 0 Å². The van der Waals surface area contributed by atoms with Crippen molar-refractivity contribution >= 4 is 15.9 Å². The van der Waals surface area contributed by atoms with Gasteiger partial charge in [0.2, 0.25) is 0 Å².